The fraction of sp³-hybridized carbons (Fsp3) is 0.636. The van der Waals surface area contributed by atoms with Gasteiger partial charge in [-0.25, -0.2) is 9.97 Å². The SMILES string of the molecule is CCCc1nc2c(c(NC)n1)CCNC2. The van der Waals surface area contributed by atoms with Gasteiger partial charge in [-0.05, 0) is 19.4 Å². The molecule has 2 heterocycles. The lowest BCUT2D eigenvalue weighted by Crippen LogP contribution is -2.26. The Hall–Kier alpha value is -1.16. The Morgan fingerprint density at radius 1 is 1.40 bits per heavy atom. The minimum absolute atomic E-state index is 0.878. The quantitative estimate of drug-likeness (QED) is 0.778. The number of nitrogens with zero attached hydrogens (tertiary/aromatic N) is 2. The Labute approximate surface area is 90.5 Å². The second-order valence-electron chi connectivity index (χ2n) is 3.84. The second-order valence-corrected chi connectivity index (χ2v) is 3.84. The summed E-state index contributed by atoms with van der Waals surface area (Å²) < 4.78 is 0. The average Bonchev–Trinajstić information content (AvgIpc) is 2.28. The van der Waals surface area contributed by atoms with E-state index in [2.05, 4.69) is 27.5 Å². The van der Waals surface area contributed by atoms with Gasteiger partial charge in [0.1, 0.15) is 11.6 Å². The molecule has 1 aliphatic rings. The largest absolute Gasteiger partial charge is 0.373 e. The van der Waals surface area contributed by atoms with E-state index in [1.807, 2.05) is 7.05 Å². The summed E-state index contributed by atoms with van der Waals surface area (Å²) in [6.07, 6.45) is 3.08. The molecule has 0 radical (unpaired) electrons. The van der Waals surface area contributed by atoms with E-state index >= 15 is 0 Å². The van der Waals surface area contributed by atoms with Gasteiger partial charge in [-0.15, -0.1) is 0 Å². The van der Waals surface area contributed by atoms with Crippen LogP contribution in [0.15, 0.2) is 0 Å². The van der Waals surface area contributed by atoms with Gasteiger partial charge in [-0.1, -0.05) is 6.92 Å². The molecule has 4 nitrogen and oxygen atoms in total. The molecule has 0 amide bonds. The molecule has 2 N–H and O–H groups in total. The van der Waals surface area contributed by atoms with Gasteiger partial charge in [-0.2, -0.15) is 0 Å². The summed E-state index contributed by atoms with van der Waals surface area (Å²) >= 11 is 0. The Morgan fingerprint density at radius 3 is 3.00 bits per heavy atom. The topological polar surface area (TPSA) is 49.8 Å². The van der Waals surface area contributed by atoms with Gasteiger partial charge >= 0.3 is 0 Å². The van der Waals surface area contributed by atoms with Crippen molar-refractivity contribution in [3.8, 4) is 0 Å². The molecule has 2 rings (SSSR count). The van der Waals surface area contributed by atoms with Gasteiger partial charge in [0, 0.05) is 25.6 Å². The van der Waals surface area contributed by atoms with Crippen LogP contribution in [0.2, 0.25) is 0 Å². The molecule has 1 aliphatic heterocycles. The third-order valence-corrected chi connectivity index (χ3v) is 2.69. The van der Waals surface area contributed by atoms with Crippen molar-refractivity contribution in [1.82, 2.24) is 15.3 Å². The number of anilines is 1. The summed E-state index contributed by atoms with van der Waals surface area (Å²) in [7, 11) is 1.93. The Kier molecular flexibility index (Phi) is 3.16. The molecule has 0 saturated heterocycles. The van der Waals surface area contributed by atoms with Gasteiger partial charge in [0.05, 0.1) is 5.69 Å². The summed E-state index contributed by atoms with van der Waals surface area (Å²) in [6.45, 7) is 4.06. The van der Waals surface area contributed by atoms with Crippen molar-refractivity contribution in [2.75, 3.05) is 18.9 Å². The van der Waals surface area contributed by atoms with E-state index in [1.54, 1.807) is 0 Å². The van der Waals surface area contributed by atoms with Crippen LogP contribution in [-0.4, -0.2) is 23.6 Å². The van der Waals surface area contributed by atoms with Gasteiger partial charge in [0.25, 0.3) is 0 Å². The Balaban J connectivity index is 2.38. The van der Waals surface area contributed by atoms with Crippen molar-refractivity contribution in [2.45, 2.75) is 32.7 Å². The maximum Gasteiger partial charge on any atom is 0.133 e. The molecule has 0 spiro atoms. The van der Waals surface area contributed by atoms with Crippen LogP contribution in [0.3, 0.4) is 0 Å². The van der Waals surface area contributed by atoms with E-state index < -0.39 is 0 Å². The normalized spacial score (nSPS) is 14.8. The first kappa shape index (κ1) is 10.4. The van der Waals surface area contributed by atoms with Crippen LogP contribution in [0.1, 0.15) is 30.4 Å². The minimum atomic E-state index is 0.878. The molecule has 1 aromatic heterocycles. The molecule has 0 fully saturated rings. The maximum atomic E-state index is 4.60. The second kappa shape index (κ2) is 4.57. The first-order chi connectivity index (χ1) is 7.35. The minimum Gasteiger partial charge on any atom is -0.373 e. The molecular weight excluding hydrogens is 188 g/mol. The van der Waals surface area contributed by atoms with Crippen molar-refractivity contribution >= 4 is 5.82 Å². The highest BCUT2D eigenvalue weighted by Gasteiger charge is 2.16. The smallest absolute Gasteiger partial charge is 0.133 e. The molecule has 1 aromatic rings. The van der Waals surface area contributed by atoms with E-state index in [0.29, 0.717) is 0 Å². The van der Waals surface area contributed by atoms with Gasteiger partial charge < -0.3 is 10.6 Å². The number of rotatable bonds is 3. The highest BCUT2D eigenvalue weighted by Crippen LogP contribution is 2.19. The average molecular weight is 206 g/mol. The van der Waals surface area contributed by atoms with Crippen molar-refractivity contribution in [3.63, 3.8) is 0 Å². The zero-order valence-electron chi connectivity index (χ0n) is 9.43. The molecule has 0 bridgehead atoms. The molecule has 15 heavy (non-hydrogen) atoms. The van der Waals surface area contributed by atoms with E-state index in [4.69, 9.17) is 0 Å². The highest BCUT2D eigenvalue weighted by atomic mass is 15.0. The number of fused-ring (bicyclic) bond motifs is 1. The fourth-order valence-electron chi connectivity index (χ4n) is 1.95. The van der Waals surface area contributed by atoms with Crippen molar-refractivity contribution < 1.29 is 0 Å². The third kappa shape index (κ3) is 2.09. The van der Waals surface area contributed by atoms with E-state index in [0.717, 1.165) is 44.0 Å². The summed E-state index contributed by atoms with van der Waals surface area (Å²) in [5.41, 5.74) is 2.46. The van der Waals surface area contributed by atoms with Crippen LogP contribution >= 0.6 is 0 Å². The predicted molar refractivity (Wildman–Crippen MR) is 61.0 cm³/mol. The monoisotopic (exact) mass is 206 g/mol. The van der Waals surface area contributed by atoms with Gasteiger partial charge in [-0.3, -0.25) is 0 Å². The van der Waals surface area contributed by atoms with Crippen LogP contribution in [0, 0.1) is 0 Å². The van der Waals surface area contributed by atoms with Gasteiger partial charge in [0.15, 0.2) is 0 Å². The first-order valence-corrected chi connectivity index (χ1v) is 5.62. The van der Waals surface area contributed by atoms with Crippen molar-refractivity contribution in [2.24, 2.45) is 0 Å². The maximum absolute atomic E-state index is 4.60. The summed E-state index contributed by atoms with van der Waals surface area (Å²) in [5.74, 6) is 1.98. The highest BCUT2D eigenvalue weighted by molar-refractivity contribution is 5.47. The zero-order chi connectivity index (χ0) is 10.7. The third-order valence-electron chi connectivity index (χ3n) is 2.69. The molecule has 0 aromatic carbocycles. The zero-order valence-corrected chi connectivity index (χ0v) is 9.43. The van der Waals surface area contributed by atoms with E-state index in [9.17, 15) is 0 Å². The molecule has 0 unspecified atom stereocenters. The summed E-state index contributed by atoms with van der Waals surface area (Å²) in [6, 6.07) is 0. The summed E-state index contributed by atoms with van der Waals surface area (Å²) in [5, 5.41) is 6.52. The first-order valence-electron chi connectivity index (χ1n) is 5.62. The molecule has 4 heteroatoms. The standard InChI is InChI=1S/C11H18N4/c1-3-4-10-14-9-7-13-6-5-8(9)11(12-2)15-10/h13H,3-7H2,1-2H3,(H,12,14,15). The number of aryl methyl sites for hydroxylation is 1. The van der Waals surface area contributed by atoms with Crippen LogP contribution in [0.5, 0.6) is 0 Å². The molecule has 82 valence electrons. The predicted octanol–water partition coefficient (Wildman–Crippen LogP) is 1.12. The van der Waals surface area contributed by atoms with E-state index in [-0.39, 0.29) is 0 Å². The van der Waals surface area contributed by atoms with Crippen LogP contribution < -0.4 is 10.6 Å². The van der Waals surface area contributed by atoms with Crippen LogP contribution in [-0.2, 0) is 19.4 Å². The van der Waals surface area contributed by atoms with Gasteiger partial charge in [0.2, 0.25) is 0 Å². The van der Waals surface area contributed by atoms with Crippen molar-refractivity contribution in [1.29, 1.82) is 0 Å². The lowest BCUT2D eigenvalue weighted by atomic mass is 10.1. The molecule has 0 saturated carbocycles. The lowest BCUT2D eigenvalue weighted by molar-refractivity contribution is 0.617. The number of hydrogen-bond acceptors (Lipinski definition) is 4. The number of hydrogen-bond donors (Lipinski definition) is 2. The Bertz CT molecular complexity index is 331. The fourth-order valence-corrected chi connectivity index (χ4v) is 1.95. The van der Waals surface area contributed by atoms with Crippen LogP contribution in [0.25, 0.3) is 0 Å². The van der Waals surface area contributed by atoms with Crippen LogP contribution in [0.4, 0.5) is 5.82 Å². The molecule has 0 atom stereocenters. The molecular formula is C11H18N4. The lowest BCUT2D eigenvalue weighted by Gasteiger charge is -2.19. The molecule has 0 aliphatic carbocycles. The van der Waals surface area contributed by atoms with E-state index in [1.165, 1.54) is 11.3 Å². The number of nitrogens with one attached hydrogen (secondary N) is 2. The summed E-state index contributed by atoms with van der Waals surface area (Å²) in [4.78, 5) is 9.14. The number of aromatic nitrogens is 2. The van der Waals surface area contributed by atoms with Crippen molar-refractivity contribution in [3.05, 3.63) is 17.1 Å². The Morgan fingerprint density at radius 2 is 2.27 bits per heavy atom.